The predicted molar refractivity (Wildman–Crippen MR) is 82.7 cm³/mol. The van der Waals surface area contributed by atoms with Crippen molar-refractivity contribution in [2.75, 3.05) is 18.1 Å². The second kappa shape index (κ2) is 6.31. The van der Waals surface area contributed by atoms with Crippen molar-refractivity contribution in [1.82, 2.24) is 4.31 Å². The van der Waals surface area contributed by atoms with Gasteiger partial charge in [0.2, 0.25) is 10.0 Å². The summed E-state index contributed by atoms with van der Waals surface area (Å²) < 4.78 is 41.5. The molecule has 0 radical (unpaired) electrons. The van der Waals surface area contributed by atoms with Crippen LogP contribution >= 0.6 is 27.7 Å². The number of halogens is 2. The fourth-order valence-corrected chi connectivity index (χ4v) is 5.80. The van der Waals surface area contributed by atoms with E-state index < -0.39 is 15.8 Å². The smallest absolute Gasteiger partial charge is 0.246 e. The van der Waals surface area contributed by atoms with Gasteiger partial charge in [0.1, 0.15) is 10.7 Å². The first-order chi connectivity index (χ1) is 9.37. The number of sulfonamides is 1. The highest BCUT2D eigenvalue weighted by Crippen LogP contribution is 2.29. The molecule has 1 aliphatic rings. The van der Waals surface area contributed by atoms with E-state index in [1.165, 1.54) is 16.4 Å². The first kappa shape index (κ1) is 16.2. The topological polar surface area (TPSA) is 63.4 Å². The number of hydrogen-bond donors (Lipinski definition) is 1. The number of thioether (sulfide) groups is 1. The van der Waals surface area contributed by atoms with Gasteiger partial charge in [-0.1, -0.05) is 15.9 Å². The zero-order chi connectivity index (χ0) is 14.9. The van der Waals surface area contributed by atoms with Crippen LogP contribution in [0.2, 0.25) is 0 Å². The second-order valence-electron chi connectivity index (χ2n) is 4.62. The molecular formula is C12H16BrFN2O2S2. The molecule has 1 atom stereocenters. The van der Waals surface area contributed by atoms with Gasteiger partial charge in [-0.15, -0.1) is 0 Å². The molecule has 1 aliphatic heterocycles. The molecular weight excluding hydrogens is 367 g/mol. The van der Waals surface area contributed by atoms with Gasteiger partial charge in [-0.05, 0) is 19.1 Å². The van der Waals surface area contributed by atoms with Crippen LogP contribution in [0.4, 0.5) is 4.39 Å². The minimum atomic E-state index is -3.84. The lowest BCUT2D eigenvalue weighted by molar-refractivity contribution is 0.365. The molecule has 112 valence electrons. The summed E-state index contributed by atoms with van der Waals surface area (Å²) in [6.07, 6.45) is 0. The van der Waals surface area contributed by atoms with E-state index in [9.17, 15) is 12.8 Å². The van der Waals surface area contributed by atoms with Crippen molar-refractivity contribution in [2.45, 2.75) is 24.4 Å². The molecule has 1 unspecified atom stereocenters. The zero-order valence-corrected chi connectivity index (χ0v) is 14.2. The average Bonchev–Trinajstić information content (AvgIpc) is 2.41. The Morgan fingerprint density at radius 1 is 1.55 bits per heavy atom. The van der Waals surface area contributed by atoms with Crippen LogP contribution in [-0.2, 0) is 16.6 Å². The van der Waals surface area contributed by atoms with Gasteiger partial charge in [-0.2, -0.15) is 16.1 Å². The fraction of sp³-hybridized carbons (Fsp3) is 0.500. The molecule has 0 amide bonds. The van der Waals surface area contributed by atoms with Crippen LogP contribution in [0.25, 0.3) is 0 Å². The number of nitrogens with two attached hydrogens (primary N) is 1. The van der Waals surface area contributed by atoms with Crippen LogP contribution < -0.4 is 5.73 Å². The van der Waals surface area contributed by atoms with Gasteiger partial charge >= 0.3 is 0 Å². The highest BCUT2D eigenvalue weighted by atomic mass is 79.9. The third-order valence-corrected chi connectivity index (χ3v) is 6.85. The van der Waals surface area contributed by atoms with E-state index in [2.05, 4.69) is 15.9 Å². The van der Waals surface area contributed by atoms with Crippen LogP contribution in [0.1, 0.15) is 12.5 Å². The van der Waals surface area contributed by atoms with E-state index in [4.69, 9.17) is 5.73 Å². The van der Waals surface area contributed by atoms with E-state index in [-0.39, 0.29) is 23.0 Å². The number of benzene rings is 1. The average molecular weight is 383 g/mol. The molecule has 0 aromatic heterocycles. The maximum atomic E-state index is 14.3. The third kappa shape index (κ3) is 3.04. The summed E-state index contributed by atoms with van der Waals surface area (Å²) in [4.78, 5) is -0.300. The van der Waals surface area contributed by atoms with Gasteiger partial charge < -0.3 is 5.73 Å². The number of hydrogen-bond acceptors (Lipinski definition) is 4. The van der Waals surface area contributed by atoms with Crippen LogP contribution in [0.15, 0.2) is 21.5 Å². The monoisotopic (exact) mass is 382 g/mol. The lowest BCUT2D eigenvalue weighted by Gasteiger charge is -2.32. The molecule has 8 heteroatoms. The lowest BCUT2D eigenvalue weighted by Crippen LogP contribution is -2.44. The summed E-state index contributed by atoms with van der Waals surface area (Å²) in [6, 6.07) is 2.67. The quantitative estimate of drug-likeness (QED) is 0.869. The minimum Gasteiger partial charge on any atom is -0.326 e. The zero-order valence-electron chi connectivity index (χ0n) is 11.0. The Morgan fingerprint density at radius 2 is 2.25 bits per heavy atom. The Morgan fingerprint density at radius 3 is 2.85 bits per heavy atom. The number of nitrogens with zero attached hydrogens (tertiary/aromatic N) is 1. The van der Waals surface area contributed by atoms with Crippen molar-refractivity contribution in [3.63, 3.8) is 0 Å². The van der Waals surface area contributed by atoms with Gasteiger partial charge in [-0.25, -0.2) is 12.8 Å². The molecule has 20 heavy (non-hydrogen) atoms. The molecule has 1 saturated heterocycles. The molecule has 0 aliphatic carbocycles. The maximum absolute atomic E-state index is 14.3. The van der Waals surface area contributed by atoms with Gasteiger partial charge in [0, 0.05) is 40.7 Å². The van der Waals surface area contributed by atoms with Crippen LogP contribution in [0, 0.1) is 5.82 Å². The summed E-state index contributed by atoms with van der Waals surface area (Å²) in [7, 11) is -3.84. The van der Waals surface area contributed by atoms with Gasteiger partial charge in [0.25, 0.3) is 0 Å². The largest absolute Gasteiger partial charge is 0.326 e. The summed E-state index contributed by atoms with van der Waals surface area (Å²) in [6.45, 7) is 2.20. The molecule has 1 aromatic rings. The Labute approximate surface area is 131 Å². The lowest BCUT2D eigenvalue weighted by atomic mass is 10.2. The summed E-state index contributed by atoms with van der Waals surface area (Å²) >= 11 is 4.91. The Bertz CT molecular complexity index is 610. The number of rotatable bonds is 3. The molecule has 0 spiro atoms. The highest BCUT2D eigenvalue weighted by Gasteiger charge is 2.34. The maximum Gasteiger partial charge on any atom is 0.246 e. The molecule has 1 heterocycles. The van der Waals surface area contributed by atoms with Crippen LogP contribution in [0.3, 0.4) is 0 Å². The Kier molecular flexibility index (Phi) is 5.12. The highest BCUT2D eigenvalue weighted by molar-refractivity contribution is 9.10. The SMILES string of the molecule is CC1CSCCN1S(=O)(=O)c1cc(Br)cc(CN)c1F. The molecule has 1 aromatic carbocycles. The third-order valence-electron chi connectivity index (χ3n) is 3.19. The normalized spacial score (nSPS) is 21.1. The van der Waals surface area contributed by atoms with E-state index >= 15 is 0 Å². The standard InChI is InChI=1S/C12H16BrFN2O2S2/c1-8-7-19-3-2-16(8)20(17,18)11-5-10(13)4-9(6-15)12(11)14/h4-5,8H,2-3,6-7,15H2,1H3. The Hall–Kier alpha value is -0.150. The minimum absolute atomic E-state index is 0.0425. The molecule has 4 nitrogen and oxygen atoms in total. The van der Waals surface area contributed by atoms with Crippen molar-refractivity contribution in [2.24, 2.45) is 5.73 Å². The first-order valence-electron chi connectivity index (χ1n) is 6.15. The van der Waals surface area contributed by atoms with Gasteiger partial charge in [0.15, 0.2) is 0 Å². The van der Waals surface area contributed by atoms with Gasteiger partial charge in [0.05, 0.1) is 0 Å². The van der Waals surface area contributed by atoms with Crippen LogP contribution in [0.5, 0.6) is 0 Å². The summed E-state index contributed by atoms with van der Waals surface area (Å²) in [5, 5.41) is 0. The van der Waals surface area contributed by atoms with Crippen molar-refractivity contribution in [3.05, 3.63) is 28.0 Å². The van der Waals surface area contributed by atoms with E-state index in [1.807, 2.05) is 6.92 Å². The van der Waals surface area contributed by atoms with Crippen molar-refractivity contribution in [1.29, 1.82) is 0 Å². The van der Waals surface area contributed by atoms with Crippen molar-refractivity contribution in [3.8, 4) is 0 Å². The molecule has 0 saturated carbocycles. The van der Waals surface area contributed by atoms with Gasteiger partial charge in [-0.3, -0.25) is 0 Å². The van der Waals surface area contributed by atoms with E-state index in [1.54, 1.807) is 11.8 Å². The Balaban J connectivity index is 2.51. The van der Waals surface area contributed by atoms with E-state index in [0.717, 1.165) is 11.5 Å². The predicted octanol–water partition coefficient (Wildman–Crippen LogP) is 2.17. The fourth-order valence-electron chi connectivity index (χ4n) is 2.15. The molecule has 1 fully saturated rings. The first-order valence-corrected chi connectivity index (χ1v) is 9.54. The summed E-state index contributed by atoms with van der Waals surface area (Å²) in [5.74, 6) is 0.697. The molecule has 2 rings (SSSR count). The van der Waals surface area contributed by atoms with Crippen LogP contribution in [-0.4, -0.2) is 36.8 Å². The van der Waals surface area contributed by atoms with Crippen molar-refractivity contribution < 1.29 is 12.8 Å². The van der Waals surface area contributed by atoms with E-state index in [0.29, 0.717) is 11.0 Å². The molecule has 0 bridgehead atoms. The molecule has 2 N–H and O–H groups in total. The van der Waals surface area contributed by atoms with Crippen molar-refractivity contribution >= 4 is 37.7 Å². The second-order valence-corrected chi connectivity index (χ2v) is 8.55. The summed E-state index contributed by atoms with van der Waals surface area (Å²) in [5.41, 5.74) is 5.66.